The summed E-state index contributed by atoms with van der Waals surface area (Å²) in [7, 11) is 0. The Morgan fingerprint density at radius 3 is 2.33 bits per heavy atom. The van der Waals surface area contributed by atoms with Gasteiger partial charge in [0.2, 0.25) is 0 Å². The van der Waals surface area contributed by atoms with Crippen molar-refractivity contribution < 1.29 is 9.53 Å². The molecule has 0 aliphatic rings. The maximum atomic E-state index is 11.8. The first-order valence-electron chi connectivity index (χ1n) is 5.66. The van der Waals surface area contributed by atoms with E-state index in [2.05, 4.69) is 15.9 Å². The lowest BCUT2D eigenvalue weighted by molar-refractivity contribution is 0.0726. The van der Waals surface area contributed by atoms with Crippen LogP contribution in [0.4, 0.5) is 0 Å². The highest BCUT2D eigenvalue weighted by Crippen LogP contribution is 2.11. The Balaban J connectivity index is 1.82. The highest BCUT2D eigenvalue weighted by Gasteiger charge is 2.04. The van der Waals surface area contributed by atoms with Crippen LogP contribution in [0.3, 0.4) is 0 Å². The van der Waals surface area contributed by atoms with Gasteiger partial charge in [-0.1, -0.05) is 58.4 Å². The number of rotatable bonds is 5. The molecule has 2 nitrogen and oxygen atoms in total. The Labute approximate surface area is 115 Å². The molecule has 0 heterocycles. The number of hydrogen-bond acceptors (Lipinski definition) is 2. The topological polar surface area (TPSA) is 26.3 Å². The first-order valence-corrected chi connectivity index (χ1v) is 6.45. The fourth-order valence-corrected chi connectivity index (χ4v) is 1.81. The van der Waals surface area contributed by atoms with Crippen LogP contribution in [-0.4, -0.2) is 12.4 Å². The molecule has 0 aliphatic carbocycles. The minimum atomic E-state index is 0.00714. The van der Waals surface area contributed by atoms with Gasteiger partial charge in [-0.3, -0.25) is 4.79 Å². The SMILES string of the molecule is O=C(COCc1ccc(Br)cc1)c1ccccc1. The molecule has 0 aromatic heterocycles. The number of benzene rings is 2. The normalized spacial score (nSPS) is 10.3. The van der Waals surface area contributed by atoms with Crippen molar-refractivity contribution in [1.82, 2.24) is 0 Å². The summed E-state index contributed by atoms with van der Waals surface area (Å²) in [6.45, 7) is 0.561. The Hall–Kier alpha value is -1.45. The molecule has 0 spiro atoms. The van der Waals surface area contributed by atoms with Crippen molar-refractivity contribution in [2.75, 3.05) is 6.61 Å². The lowest BCUT2D eigenvalue weighted by atomic mass is 10.1. The van der Waals surface area contributed by atoms with Crippen LogP contribution in [0.1, 0.15) is 15.9 Å². The van der Waals surface area contributed by atoms with E-state index in [1.165, 1.54) is 0 Å². The third kappa shape index (κ3) is 3.79. The summed E-state index contributed by atoms with van der Waals surface area (Å²) in [6.07, 6.45) is 0. The molecule has 0 saturated heterocycles. The predicted octanol–water partition coefficient (Wildman–Crippen LogP) is 3.85. The number of Topliss-reactive ketones (excluding diaryl/α,β-unsaturated/α-hetero) is 1. The van der Waals surface area contributed by atoms with Gasteiger partial charge in [0.1, 0.15) is 6.61 Å². The van der Waals surface area contributed by atoms with E-state index in [0.717, 1.165) is 10.0 Å². The van der Waals surface area contributed by atoms with Crippen molar-refractivity contribution >= 4 is 21.7 Å². The standard InChI is InChI=1S/C15H13BrO2/c16-14-8-6-12(7-9-14)10-18-11-15(17)13-4-2-1-3-5-13/h1-9H,10-11H2. The van der Waals surface area contributed by atoms with Gasteiger partial charge in [0.25, 0.3) is 0 Å². The zero-order valence-electron chi connectivity index (χ0n) is 9.80. The van der Waals surface area contributed by atoms with Crippen molar-refractivity contribution in [2.24, 2.45) is 0 Å². The molecule has 0 saturated carbocycles. The number of ether oxygens (including phenoxy) is 1. The first kappa shape index (κ1) is 13.0. The molecule has 2 rings (SSSR count). The van der Waals surface area contributed by atoms with E-state index >= 15 is 0 Å². The van der Waals surface area contributed by atoms with Crippen molar-refractivity contribution in [1.29, 1.82) is 0 Å². The van der Waals surface area contributed by atoms with Crippen LogP contribution in [0.2, 0.25) is 0 Å². The summed E-state index contributed by atoms with van der Waals surface area (Å²) in [4.78, 5) is 11.8. The fraction of sp³-hybridized carbons (Fsp3) is 0.133. The summed E-state index contributed by atoms with van der Waals surface area (Å²) in [6, 6.07) is 17.0. The van der Waals surface area contributed by atoms with E-state index in [0.29, 0.717) is 12.2 Å². The molecule has 18 heavy (non-hydrogen) atoms. The lowest BCUT2D eigenvalue weighted by Crippen LogP contribution is -2.08. The molecule has 2 aromatic carbocycles. The molecule has 0 amide bonds. The van der Waals surface area contributed by atoms with E-state index in [1.807, 2.05) is 42.5 Å². The zero-order valence-corrected chi connectivity index (χ0v) is 11.4. The van der Waals surface area contributed by atoms with E-state index < -0.39 is 0 Å². The average molecular weight is 305 g/mol. The van der Waals surface area contributed by atoms with Crippen molar-refractivity contribution in [2.45, 2.75) is 6.61 Å². The molecule has 0 radical (unpaired) electrons. The second-order valence-electron chi connectivity index (χ2n) is 3.91. The molecule has 0 fully saturated rings. The molecule has 0 unspecified atom stereocenters. The van der Waals surface area contributed by atoms with Crippen LogP contribution < -0.4 is 0 Å². The number of ketones is 1. The third-order valence-electron chi connectivity index (χ3n) is 2.51. The van der Waals surface area contributed by atoms with Crippen LogP contribution >= 0.6 is 15.9 Å². The van der Waals surface area contributed by atoms with E-state index in [9.17, 15) is 4.79 Å². The minimum absolute atomic E-state index is 0.00714. The summed E-state index contributed by atoms with van der Waals surface area (Å²) in [5.41, 5.74) is 1.74. The number of carbonyl (C=O) groups excluding carboxylic acids is 1. The molecular formula is C15H13BrO2. The van der Waals surface area contributed by atoms with Crippen molar-refractivity contribution in [3.8, 4) is 0 Å². The minimum Gasteiger partial charge on any atom is -0.369 e. The maximum absolute atomic E-state index is 11.8. The molecule has 92 valence electrons. The number of hydrogen-bond donors (Lipinski definition) is 0. The second kappa shape index (κ2) is 6.47. The first-order chi connectivity index (χ1) is 8.75. The van der Waals surface area contributed by atoms with Gasteiger partial charge in [-0.15, -0.1) is 0 Å². The van der Waals surface area contributed by atoms with E-state index in [1.54, 1.807) is 12.1 Å². The van der Waals surface area contributed by atoms with E-state index in [-0.39, 0.29) is 12.4 Å². The Morgan fingerprint density at radius 2 is 1.67 bits per heavy atom. The van der Waals surface area contributed by atoms with Crippen LogP contribution in [0.15, 0.2) is 59.1 Å². The molecule has 0 atom stereocenters. The highest BCUT2D eigenvalue weighted by molar-refractivity contribution is 9.10. The van der Waals surface area contributed by atoms with Gasteiger partial charge < -0.3 is 4.74 Å². The van der Waals surface area contributed by atoms with Crippen LogP contribution in [0, 0.1) is 0 Å². The third-order valence-corrected chi connectivity index (χ3v) is 3.04. The monoisotopic (exact) mass is 304 g/mol. The summed E-state index contributed by atoms with van der Waals surface area (Å²) in [5, 5.41) is 0. The Morgan fingerprint density at radius 1 is 1.00 bits per heavy atom. The molecule has 0 aliphatic heterocycles. The summed E-state index contributed by atoms with van der Waals surface area (Å²) >= 11 is 3.37. The Kier molecular flexibility index (Phi) is 4.67. The molecule has 2 aromatic rings. The van der Waals surface area contributed by atoms with Gasteiger partial charge in [-0.2, -0.15) is 0 Å². The van der Waals surface area contributed by atoms with Gasteiger partial charge >= 0.3 is 0 Å². The lowest BCUT2D eigenvalue weighted by Gasteiger charge is -2.04. The predicted molar refractivity (Wildman–Crippen MR) is 74.6 cm³/mol. The van der Waals surface area contributed by atoms with Gasteiger partial charge in [0, 0.05) is 10.0 Å². The number of carbonyl (C=O) groups is 1. The highest BCUT2D eigenvalue weighted by atomic mass is 79.9. The molecule has 0 bridgehead atoms. The van der Waals surface area contributed by atoms with Crippen molar-refractivity contribution in [3.63, 3.8) is 0 Å². The second-order valence-corrected chi connectivity index (χ2v) is 4.82. The van der Waals surface area contributed by atoms with Gasteiger partial charge in [0.05, 0.1) is 6.61 Å². The van der Waals surface area contributed by atoms with Gasteiger partial charge in [-0.05, 0) is 17.7 Å². The fourth-order valence-electron chi connectivity index (χ4n) is 1.55. The average Bonchev–Trinajstić information content (AvgIpc) is 2.42. The van der Waals surface area contributed by atoms with Crippen LogP contribution in [0.5, 0.6) is 0 Å². The largest absolute Gasteiger partial charge is 0.369 e. The van der Waals surface area contributed by atoms with Gasteiger partial charge in [-0.25, -0.2) is 0 Å². The van der Waals surface area contributed by atoms with Crippen LogP contribution in [-0.2, 0) is 11.3 Å². The summed E-state index contributed by atoms with van der Waals surface area (Å²) < 4.78 is 6.44. The molecule has 0 N–H and O–H groups in total. The summed E-state index contributed by atoms with van der Waals surface area (Å²) in [5.74, 6) is 0.00714. The van der Waals surface area contributed by atoms with Crippen molar-refractivity contribution in [3.05, 3.63) is 70.2 Å². The van der Waals surface area contributed by atoms with E-state index in [4.69, 9.17) is 4.74 Å². The number of halogens is 1. The molecular weight excluding hydrogens is 292 g/mol. The Bertz CT molecular complexity index is 506. The van der Waals surface area contributed by atoms with Crippen LogP contribution in [0.25, 0.3) is 0 Å². The molecule has 3 heteroatoms. The maximum Gasteiger partial charge on any atom is 0.188 e. The van der Waals surface area contributed by atoms with Gasteiger partial charge in [0.15, 0.2) is 5.78 Å². The smallest absolute Gasteiger partial charge is 0.188 e. The zero-order chi connectivity index (χ0) is 12.8. The quantitative estimate of drug-likeness (QED) is 0.784.